The van der Waals surface area contributed by atoms with Gasteiger partial charge in [-0.1, -0.05) is 41.4 Å². The van der Waals surface area contributed by atoms with Gasteiger partial charge in [0, 0.05) is 18.0 Å². The smallest absolute Gasteiger partial charge is 0.0828 e. The number of anilines is 1. The van der Waals surface area contributed by atoms with E-state index in [0.29, 0.717) is 6.54 Å². The Morgan fingerprint density at radius 1 is 1.18 bits per heavy atom. The van der Waals surface area contributed by atoms with E-state index < -0.39 is 0 Å². The van der Waals surface area contributed by atoms with Gasteiger partial charge in [-0.15, -0.1) is 0 Å². The Bertz CT molecular complexity index is 707. The van der Waals surface area contributed by atoms with E-state index in [-0.39, 0.29) is 6.04 Å². The lowest BCUT2D eigenvalue weighted by atomic mass is 10.00. The number of benzene rings is 2. The molecule has 0 saturated carbocycles. The average molecular weight is 314 g/mol. The van der Waals surface area contributed by atoms with Crippen molar-refractivity contribution in [2.75, 3.05) is 11.6 Å². The molecular weight excluding hydrogens is 294 g/mol. The van der Waals surface area contributed by atoms with Gasteiger partial charge in [0.2, 0.25) is 0 Å². The number of hydrogen-bond acceptors (Lipinski definition) is 3. The number of hydrogen-bond donors (Lipinski definition) is 1. The topological polar surface area (TPSA) is 41.6 Å². The summed E-state index contributed by atoms with van der Waals surface area (Å²) in [5, 5.41) is 7.56. The Morgan fingerprint density at radius 3 is 2.55 bits per heavy atom. The normalized spacial score (nSPS) is 17.7. The van der Waals surface area contributed by atoms with Crippen molar-refractivity contribution in [3.05, 3.63) is 64.2 Å². The number of nitrogens with two attached hydrogens (primary N) is 1. The van der Waals surface area contributed by atoms with E-state index in [1.807, 2.05) is 18.2 Å². The maximum absolute atomic E-state index is 6.08. The Hall–Kier alpha value is -1.84. The van der Waals surface area contributed by atoms with Crippen LogP contribution >= 0.6 is 11.6 Å². The van der Waals surface area contributed by atoms with Crippen LogP contribution in [0.2, 0.25) is 5.02 Å². The minimum absolute atomic E-state index is 0.194. The average Bonchev–Trinajstić information content (AvgIpc) is 2.92. The predicted octanol–water partition coefficient (Wildman–Crippen LogP) is 4.22. The van der Waals surface area contributed by atoms with Gasteiger partial charge >= 0.3 is 0 Å². The third kappa shape index (κ3) is 2.87. The fourth-order valence-electron chi connectivity index (χ4n) is 2.84. The van der Waals surface area contributed by atoms with Crippen LogP contribution in [0.3, 0.4) is 0 Å². The van der Waals surface area contributed by atoms with Gasteiger partial charge in [-0.2, -0.15) is 5.10 Å². The van der Waals surface area contributed by atoms with Crippen LogP contribution in [0.4, 0.5) is 5.69 Å². The third-order valence-corrected chi connectivity index (χ3v) is 4.31. The molecule has 22 heavy (non-hydrogen) atoms. The van der Waals surface area contributed by atoms with E-state index in [1.165, 1.54) is 11.1 Å². The van der Waals surface area contributed by atoms with Crippen LogP contribution in [0.15, 0.2) is 47.6 Å². The molecule has 4 heteroatoms. The first kappa shape index (κ1) is 15.1. The molecule has 2 aromatic rings. The van der Waals surface area contributed by atoms with E-state index >= 15 is 0 Å². The number of hydrazone groups is 1. The largest absolute Gasteiger partial charge is 0.325 e. The van der Waals surface area contributed by atoms with Crippen molar-refractivity contribution in [2.24, 2.45) is 10.8 Å². The fourth-order valence-corrected chi connectivity index (χ4v) is 3.07. The van der Waals surface area contributed by atoms with Crippen molar-refractivity contribution in [3.63, 3.8) is 0 Å². The van der Waals surface area contributed by atoms with E-state index in [4.69, 9.17) is 22.4 Å². The molecule has 0 amide bonds. The second-order valence-corrected chi connectivity index (χ2v) is 6.21. The van der Waals surface area contributed by atoms with Gasteiger partial charge in [-0.3, -0.25) is 5.01 Å². The second kappa shape index (κ2) is 6.11. The Kier molecular flexibility index (Phi) is 4.19. The van der Waals surface area contributed by atoms with Gasteiger partial charge in [-0.05, 0) is 43.2 Å². The minimum Gasteiger partial charge on any atom is -0.325 e. The molecule has 0 radical (unpaired) electrons. The highest BCUT2D eigenvalue weighted by molar-refractivity contribution is 6.30. The molecule has 0 saturated heterocycles. The van der Waals surface area contributed by atoms with Gasteiger partial charge in [0.15, 0.2) is 0 Å². The van der Waals surface area contributed by atoms with Crippen LogP contribution in [-0.2, 0) is 0 Å². The zero-order chi connectivity index (χ0) is 15.7. The van der Waals surface area contributed by atoms with Crippen LogP contribution in [0.5, 0.6) is 0 Å². The van der Waals surface area contributed by atoms with Gasteiger partial charge in [-0.25, -0.2) is 0 Å². The summed E-state index contributed by atoms with van der Waals surface area (Å²) in [5.74, 6) is 0. The van der Waals surface area contributed by atoms with Crippen molar-refractivity contribution in [1.82, 2.24) is 0 Å². The highest BCUT2D eigenvalue weighted by Crippen LogP contribution is 2.37. The summed E-state index contributed by atoms with van der Waals surface area (Å²) in [5.41, 5.74) is 11.6. The highest BCUT2D eigenvalue weighted by atomic mass is 35.5. The lowest BCUT2D eigenvalue weighted by Gasteiger charge is -2.25. The SMILES string of the molecule is Cc1ccc(C2CC(CN)=NN2c2ccc(Cl)cc2C)cc1. The highest BCUT2D eigenvalue weighted by Gasteiger charge is 2.29. The van der Waals surface area contributed by atoms with Gasteiger partial charge in [0.05, 0.1) is 17.4 Å². The monoisotopic (exact) mass is 313 g/mol. The molecule has 0 fully saturated rings. The number of halogens is 1. The molecule has 0 spiro atoms. The van der Waals surface area contributed by atoms with Crippen molar-refractivity contribution < 1.29 is 0 Å². The van der Waals surface area contributed by atoms with Gasteiger partial charge in [0.1, 0.15) is 0 Å². The zero-order valence-electron chi connectivity index (χ0n) is 12.9. The molecule has 1 aliphatic heterocycles. The van der Waals surface area contributed by atoms with Crippen molar-refractivity contribution in [3.8, 4) is 0 Å². The summed E-state index contributed by atoms with van der Waals surface area (Å²) >= 11 is 6.08. The zero-order valence-corrected chi connectivity index (χ0v) is 13.6. The summed E-state index contributed by atoms with van der Waals surface area (Å²) in [6.45, 7) is 4.65. The molecule has 1 aliphatic rings. The van der Waals surface area contributed by atoms with Crippen molar-refractivity contribution in [2.45, 2.75) is 26.3 Å². The lowest BCUT2D eigenvalue weighted by Crippen LogP contribution is -2.19. The van der Waals surface area contributed by atoms with Crippen molar-refractivity contribution >= 4 is 23.0 Å². The molecule has 3 rings (SSSR count). The van der Waals surface area contributed by atoms with Crippen LogP contribution < -0.4 is 10.7 Å². The standard InChI is InChI=1S/C18H20ClN3/c1-12-3-5-14(6-4-12)18-10-16(11-20)21-22(18)17-8-7-15(19)9-13(17)2/h3-9,18H,10-11,20H2,1-2H3. The first-order valence-corrected chi connectivity index (χ1v) is 7.84. The summed E-state index contributed by atoms with van der Waals surface area (Å²) in [7, 11) is 0. The number of nitrogens with zero attached hydrogens (tertiary/aromatic N) is 2. The first-order chi connectivity index (χ1) is 10.6. The predicted molar refractivity (Wildman–Crippen MR) is 93.7 cm³/mol. The molecule has 1 heterocycles. The minimum atomic E-state index is 0.194. The van der Waals surface area contributed by atoms with Crippen LogP contribution in [0.25, 0.3) is 0 Å². The van der Waals surface area contributed by atoms with Gasteiger partial charge < -0.3 is 5.73 Å². The summed E-state index contributed by atoms with van der Waals surface area (Å²) in [6.07, 6.45) is 0.863. The quantitative estimate of drug-likeness (QED) is 0.921. The molecule has 2 aromatic carbocycles. The van der Waals surface area contributed by atoms with Crippen molar-refractivity contribution in [1.29, 1.82) is 0 Å². The Balaban J connectivity index is 2.01. The molecule has 0 aliphatic carbocycles. The van der Waals surface area contributed by atoms with E-state index in [9.17, 15) is 0 Å². The first-order valence-electron chi connectivity index (χ1n) is 7.47. The lowest BCUT2D eigenvalue weighted by molar-refractivity contribution is 0.706. The molecule has 114 valence electrons. The number of aryl methyl sites for hydroxylation is 2. The second-order valence-electron chi connectivity index (χ2n) is 5.78. The van der Waals surface area contributed by atoms with E-state index in [1.54, 1.807) is 0 Å². The van der Waals surface area contributed by atoms with Gasteiger partial charge in [0.25, 0.3) is 0 Å². The molecule has 3 nitrogen and oxygen atoms in total. The summed E-state index contributed by atoms with van der Waals surface area (Å²) < 4.78 is 0. The summed E-state index contributed by atoms with van der Waals surface area (Å²) in [4.78, 5) is 0. The van der Waals surface area contributed by atoms with Crippen LogP contribution in [0, 0.1) is 13.8 Å². The number of rotatable bonds is 3. The Labute approximate surface area is 136 Å². The maximum atomic E-state index is 6.08. The third-order valence-electron chi connectivity index (χ3n) is 4.08. The molecule has 0 aromatic heterocycles. The Morgan fingerprint density at radius 2 is 1.91 bits per heavy atom. The van der Waals surface area contributed by atoms with Crippen LogP contribution in [0.1, 0.15) is 29.2 Å². The summed E-state index contributed by atoms with van der Waals surface area (Å²) in [6, 6.07) is 14.7. The molecule has 2 N–H and O–H groups in total. The van der Waals surface area contributed by atoms with E-state index in [0.717, 1.165) is 28.4 Å². The molecule has 1 unspecified atom stereocenters. The van der Waals surface area contributed by atoms with Crippen LogP contribution in [-0.4, -0.2) is 12.3 Å². The molecule has 1 atom stereocenters. The fraction of sp³-hybridized carbons (Fsp3) is 0.278. The maximum Gasteiger partial charge on any atom is 0.0828 e. The van der Waals surface area contributed by atoms with E-state index in [2.05, 4.69) is 43.1 Å². The molecule has 0 bridgehead atoms. The molecular formula is C18H20ClN3.